The van der Waals surface area contributed by atoms with Gasteiger partial charge < -0.3 is 13.9 Å². The highest BCUT2D eigenvalue weighted by Gasteiger charge is 2.19. The van der Waals surface area contributed by atoms with Gasteiger partial charge in [-0.2, -0.15) is 5.10 Å². The number of carbonyl (C=O) groups excluding carboxylic acids is 1. The Labute approximate surface area is 134 Å². The second-order valence-corrected chi connectivity index (χ2v) is 4.84. The first-order valence-corrected chi connectivity index (χ1v) is 6.76. The van der Waals surface area contributed by atoms with Crippen LogP contribution >= 0.6 is 0 Å². The van der Waals surface area contributed by atoms with Gasteiger partial charge in [0.1, 0.15) is 16.3 Å². The number of carbonyl (C=O) groups is 1. The summed E-state index contributed by atoms with van der Waals surface area (Å²) in [5, 5.41) is 24.4. The molecular formula is C15H11N3O6. The Morgan fingerprint density at radius 1 is 1.33 bits per heavy atom. The maximum Gasteiger partial charge on any atom is 0.433 e. The number of rotatable bonds is 4. The van der Waals surface area contributed by atoms with Gasteiger partial charge in [0, 0.05) is 5.56 Å². The number of benzene rings is 1. The van der Waals surface area contributed by atoms with E-state index in [4.69, 9.17) is 8.83 Å². The van der Waals surface area contributed by atoms with Crippen LogP contribution in [0.4, 0.5) is 5.88 Å². The lowest BCUT2D eigenvalue weighted by molar-refractivity contribution is -0.402. The number of nitrogens with zero attached hydrogens (tertiary/aromatic N) is 2. The zero-order chi connectivity index (χ0) is 17.3. The molecule has 24 heavy (non-hydrogen) atoms. The SMILES string of the molecule is Cc1c(C(=O)N/N=C/c2ccc([N+](=O)[O-])o2)oc2cccc(O)c12. The minimum atomic E-state index is -0.680. The fraction of sp³-hybridized carbons (Fsp3) is 0.0667. The Morgan fingerprint density at radius 3 is 2.79 bits per heavy atom. The molecule has 0 aliphatic carbocycles. The average molecular weight is 329 g/mol. The van der Waals surface area contributed by atoms with Crippen molar-refractivity contribution in [2.24, 2.45) is 5.10 Å². The molecule has 3 rings (SSSR count). The van der Waals surface area contributed by atoms with Crippen LogP contribution in [0.5, 0.6) is 5.75 Å². The number of nitrogens with one attached hydrogen (secondary N) is 1. The molecule has 0 radical (unpaired) electrons. The van der Waals surface area contributed by atoms with Crippen molar-refractivity contribution in [1.82, 2.24) is 5.43 Å². The number of furan rings is 2. The van der Waals surface area contributed by atoms with Crippen molar-refractivity contribution in [3.05, 3.63) is 57.5 Å². The van der Waals surface area contributed by atoms with Gasteiger partial charge in [-0.1, -0.05) is 6.07 Å². The van der Waals surface area contributed by atoms with Gasteiger partial charge in [-0.25, -0.2) is 5.43 Å². The predicted molar refractivity (Wildman–Crippen MR) is 83.0 cm³/mol. The summed E-state index contributed by atoms with van der Waals surface area (Å²) in [5.74, 6) is -0.916. The third kappa shape index (κ3) is 2.70. The number of aromatic hydroxyl groups is 1. The van der Waals surface area contributed by atoms with Crippen LogP contribution in [0.1, 0.15) is 21.9 Å². The minimum absolute atomic E-state index is 0.00840. The molecule has 1 amide bonds. The fourth-order valence-electron chi connectivity index (χ4n) is 2.21. The third-order valence-corrected chi connectivity index (χ3v) is 3.29. The monoisotopic (exact) mass is 329 g/mol. The van der Waals surface area contributed by atoms with Crippen molar-refractivity contribution >= 4 is 29.0 Å². The molecule has 0 bridgehead atoms. The molecular weight excluding hydrogens is 318 g/mol. The quantitative estimate of drug-likeness (QED) is 0.430. The van der Waals surface area contributed by atoms with Gasteiger partial charge in [0.15, 0.2) is 11.5 Å². The molecule has 2 N–H and O–H groups in total. The Balaban J connectivity index is 1.77. The Bertz CT molecular complexity index is 969. The summed E-state index contributed by atoms with van der Waals surface area (Å²) in [6, 6.07) is 7.25. The third-order valence-electron chi connectivity index (χ3n) is 3.29. The van der Waals surface area contributed by atoms with Crippen LogP contribution in [0.2, 0.25) is 0 Å². The first-order chi connectivity index (χ1) is 11.5. The summed E-state index contributed by atoms with van der Waals surface area (Å²) in [7, 11) is 0. The van der Waals surface area contributed by atoms with E-state index < -0.39 is 16.7 Å². The van der Waals surface area contributed by atoms with E-state index >= 15 is 0 Å². The molecule has 0 saturated carbocycles. The molecule has 0 saturated heterocycles. The van der Waals surface area contributed by atoms with Crippen LogP contribution in [0.25, 0.3) is 11.0 Å². The first kappa shape index (κ1) is 15.3. The van der Waals surface area contributed by atoms with Gasteiger partial charge in [-0.3, -0.25) is 14.9 Å². The van der Waals surface area contributed by atoms with E-state index in [2.05, 4.69) is 10.5 Å². The summed E-state index contributed by atoms with van der Waals surface area (Å²) < 4.78 is 10.3. The van der Waals surface area contributed by atoms with E-state index in [1.54, 1.807) is 19.1 Å². The number of hydrazone groups is 1. The molecule has 0 atom stereocenters. The highest BCUT2D eigenvalue weighted by atomic mass is 16.6. The Hall–Kier alpha value is -3.62. The van der Waals surface area contributed by atoms with E-state index in [0.717, 1.165) is 6.21 Å². The molecule has 3 aromatic rings. The van der Waals surface area contributed by atoms with Crippen molar-refractivity contribution in [1.29, 1.82) is 0 Å². The lowest BCUT2D eigenvalue weighted by atomic mass is 10.1. The van der Waals surface area contributed by atoms with Crippen LogP contribution in [-0.4, -0.2) is 22.2 Å². The van der Waals surface area contributed by atoms with Crippen molar-refractivity contribution < 1.29 is 23.7 Å². The lowest BCUT2D eigenvalue weighted by Crippen LogP contribution is -2.17. The van der Waals surface area contributed by atoms with Crippen LogP contribution in [-0.2, 0) is 0 Å². The van der Waals surface area contributed by atoms with Crippen molar-refractivity contribution in [2.75, 3.05) is 0 Å². The molecule has 0 aliphatic heterocycles. The van der Waals surface area contributed by atoms with Gasteiger partial charge in [0.25, 0.3) is 0 Å². The van der Waals surface area contributed by atoms with Gasteiger partial charge in [-0.15, -0.1) is 0 Å². The van der Waals surface area contributed by atoms with Crippen LogP contribution < -0.4 is 5.43 Å². The highest BCUT2D eigenvalue weighted by Crippen LogP contribution is 2.32. The topological polar surface area (TPSA) is 131 Å². The molecule has 0 spiro atoms. The fourth-order valence-corrected chi connectivity index (χ4v) is 2.21. The van der Waals surface area contributed by atoms with Gasteiger partial charge in [0.2, 0.25) is 0 Å². The van der Waals surface area contributed by atoms with E-state index in [-0.39, 0.29) is 17.3 Å². The van der Waals surface area contributed by atoms with E-state index in [1.807, 2.05) is 0 Å². The van der Waals surface area contributed by atoms with Crippen molar-refractivity contribution in [2.45, 2.75) is 6.92 Å². The molecule has 0 unspecified atom stereocenters. The van der Waals surface area contributed by atoms with E-state index in [9.17, 15) is 20.0 Å². The van der Waals surface area contributed by atoms with E-state index in [0.29, 0.717) is 16.5 Å². The zero-order valence-electron chi connectivity index (χ0n) is 12.3. The molecule has 1 aromatic carbocycles. The number of hydrogen-bond donors (Lipinski definition) is 2. The summed E-state index contributed by atoms with van der Waals surface area (Å²) in [5.41, 5.74) is 3.09. The normalized spacial score (nSPS) is 11.2. The maximum absolute atomic E-state index is 12.1. The standard InChI is InChI=1S/C15H11N3O6/c1-8-13-10(19)3-2-4-11(13)24-14(8)15(20)17-16-7-9-5-6-12(23-9)18(21)22/h2-7,19H,1H3,(H,17,20)/b16-7+. The zero-order valence-corrected chi connectivity index (χ0v) is 12.3. The Kier molecular flexibility index (Phi) is 3.74. The van der Waals surface area contributed by atoms with Crippen molar-refractivity contribution in [3.63, 3.8) is 0 Å². The summed E-state index contributed by atoms with van der Waals surface area (Å²) in [4.78, 5) is 21.9. The largest absolute Gasteiger partial charge is 0.507 e. The summed E-state index contributed by atoms with van der Waals surface area (Å²) in [6.45, 7) is 1.64. The molecule has 2 heterocycles. The highest BCUT2D eigenvalue weighted by molar-refractivity contribution is 6.00. The number of phenols is 1. The second-order valence-electron chi connectivity index (χ2n) is 4.84. The van der Waals surface area contributed by atoms with Crippen LogP contribution in [0.3, 0.4) is 0 Å². The molecule has 122 valence electrons. The smallest absolute Gasteiger partial charge is 0.433 e. The molecule has 0 aliphatic rings. The maximum atomic E-state index is 12.1. The summed E-state index contributed by atoms with van der Waals surface area (Å²) in [6.07, 6.45) is 1.13. The van der Waals surface area contributed by atoms with Crippen molar-refractivity contribution in [3.8, 4) is 5.75 Å². The van der Waals surface area contributed by atoms with Gasteiger partial charge in [0.05, 0.1) is 17.7 Å². The number of phenolic OH excluding ortho intramolecular Hbond substituents is 1. The van der Waals surface area contributed by atoms with Crippen LogP contribution in [0.15, 0.2) is 44.3 Å². The molecule has 9 nitrogen and oxygen atoms in total. The molecule has 0 fully saturated rings. The van der Waals surface area contributed by atoms with E-state index in [1.165, 1.54) is 18.2 Å². The number of nitro groups is 1. The number of amides is 1. The predicted octanol–water partition coefficient (Wildman–Crippen LogP) is 2.71. The number of fused-ring (bicyclic) bond motifs is 1. The van der Waals surface area contributed by atoms with Gasteiger partial charge in [-0.05, 0) is 25.1 Å². The molecule has 2 aromatic heterocycles. The molecule has 9 heteroatoms. The van der Waals surface area contributed by atoms with Crippen LogP contribution in [0, 0.1) is 17.0 Å². The van der Waals surface area contributed by atoms with Gasteiger partial charge >= 0.3 is 11.8 Å². The minimum Gasteiger partial charge on any atom is -0.507 e. The second kappa shape index (κ2) is 5.88. The summed E-state index contributed by atoms with van der Waals surface area (Å²) >= 11 is 0. The number of hydrogen-bond acceptors (Lipinski definition) is 7. The average Bonchev–Trinajstić information content (AvgIpc) is 3.13. The Morgan fingerprint density at radius 2 is 2.12 bits per heavy atom. The first-order valence-electron chi connectivity index (χ1n) is 6.76. The lowest BCUT2D eigenvalue weighted by Gasteiger charge is -1.96. The number of aryl methyl sites for hydroxylation is 1.